The number of likely N-dealkylation sites (tertiary alicyclic amines) is 1. The van der Waals surface area contributed by atoms with Crippen LogP contribution in [0.25, 0.3) is 0 Å². The minimum Gasteiger partial charge on any atom is -0.308 e. The van der Waals surface area contributed by atoms with Gasteiger partial charge in [0.15, 0.2) is 0 Å². The van der Waals surface area contributed by atoms with Gasteiger partial charge in [-0.05, 0) is 51.2 Å². The Labute approximate surface area is 109 Å². The van der Waals surface area contributed by atoms with Crippen molar-refractivity contribution in [3.63, 3.8) is 0 Å². The second-order valence-corrected chi connectivity index (χ2v) is 5.17. The average Bonchev–Trinajstić information content (AvgIpc) is 2.39. The molecule has 1 fully saturated rings. The number of hydrazine groups is 1. The maximum absolute atomic E-state index is 5.38. The molecule has 1 atom stereocenters. The Hall–Kier alpha value is -1.17. The molecule has 0 aromatic carbocycles. The number of nitrogen functional groups attached to an aromatic ring is 1. The predicted molar refractivity (Wildman–Crippen MR) is 74.0 cm³/mol. The van der Waals surface area contributed by atoms with Crippen LogP contribution in [0.4, 0.5) is 5.82 Å². The molecule has 0 bridgehead atoms. The molecule has 3 N–H and O–H groups in total. The summed E-state index contributed by atoms with van der Waals surface area (Å²) in [5, 5.41) is 0. The molecule has 100 valence electrons. The van der Waals surface area contributed by atoms with Gasteiger partial charge < -0.3 is 10.3 Å². The van der Waals surface area contributed by atoms with Gasteiger partial charge in [-0.3, -0.25) is 4.90 Å². The molecule has 1 aromatic heterocycles. The van der Waals surface area contributed by atoms with Crippen LogP contribution in [0.5, 0.6) is 0 Å². The van der Waals surface area contributed by atoms with Crippen LogP contribution in [0.15, 0.2) is 18.3 Å². The summed E-state index contributed by atoms with van der Waals surface area (Å²) in [6.07, 6.45) is 4.37. The van der Waals surface area contributed by atoms with Crippen molar-refractivity contribution in [3.8, 4) is 0 Å². The summed E-state index contributed by atoms with van der Waals surface area (Å²) in [6, 6.07) is 4.69. The molecule has 1 aliphatic heterocycles. The van der Waals surface area contributed by atoms with Crippen LogP contribution in [0.3, 0.4) is 0 Å². The lowest BCUT2D eigenvalue weighted by molar-refractivity contribution is 0.129. The van der Waals surface area contributed by atoms with Gasteiger partial charge in [-0.2, -0.15) is 0 Å². The van der Waals surface area contributed by atoms with Gasteiger partial charge in [-0.1, -0.05) is 0 Å². The predicted octanol–water partition coefficient (Wildman–Crippen LogP) is 0.893. The van der Waals surface area contributed by atoms with E-state index in [9.17, 15) is 0 Å². The number of nitrogens with two attached hydrogens (primary N) is 1. The van der Waals surface area contributed by atoms with Crippen LogP contribution in [-0.4, -0.2) is 48.0 Å². The molecule has 1 unspecified atom stereocenters. The SMILES string of the molecule is CN1CCCC(N(C)Cc2ccnc(NN)c2)C1. The van der Waals surface area contributed by atoms with Crippen molar-refractivity contribution in [2.24, 2.45) is 5.84 Å². The summed E-state index contributed by atoms with van der Waals surface area (Å²) in [5.41, 5.74) is 3.83. The van der Waals surface area contributed by atoms with E-state index in [-0.39, 0.29) is 0 Å². The zero-order chi connectivity index (χ0) is 13.0. The van der Waals surface area contributed by atoms with Crippen molar-refractivity contribution in [1.29, 1.82) is 0 Å². The Morgan fingerprint density at radius 2 is 2.44 bits per heavy atom. The number of anilines is 1. The molecule has 1 saturated heterocycles. The molecule has 0 radical (unpaired) electrons. The zero-order valence-electron chi connectivity index (χ0n) is 11.3. The van der Waals surface area contributed by atoms with E-state index >= 15 is 0 Å². The van der Waals surface area contributed by atoms with E-state index in [1.807, 2.05) is 12.1 Å². The topological polar surface area (TPSA) is 57.4 Å². The standard InChI is InChI=1S/C13H23N5/c1-17-7-3-4-12(10-17)18(2)9-11-5-6-15-13(8-11)16-14/h5-6,8,12H,3-4,7,9-10,14H2,1-2H3,(H,15,16). The Kier molecular flexibility index (Phi) is 4.52. The van der Waals surface area contributed by atoms with Gasteiger partial charge in [0.05, 0.1) is 0 Å². The van der Waals surface area contributed by atoms with Crippen molar-refractivity contribution in [3.05, 3.63) is 23.9 Å². The number of pyridine rings is 1. The second-order valence-electron chi connectivity index (χ2n) is 5.17. The molecular formula is C13H23N5. The van der Waals surface area contributed by atoms with E-state index < -0.39 is 0 Å². The quantitative estimate of drug-likeness (QED) is 0.613. The number of aromatic nitrogens is 1. The second kappa shape index (κ2) is 6.13. The highest BCUT2D eigenvalue weighted by atomic mass is 15.2. The van der Waals surface area contributed by atoms with Crippen molar-refractivity contribution in [2.45, 2.75) is 25.4 Å². The highest BCUT2D eigenvalue weighted by Gasteiger charge is 2.20. The van der Waals surface area contributed by atoms with E-state index in [4.69, 9.17) is 5.84 Å². The third-order valence-electron chi connectivity index (χ3n) is 3.63. The number of rotatable bonds is 4. The Bertz CT molecular complexity index is 381. The van der Waals surface area contributed by atoms with Gasteiger partial charge in [0.1, 0.15) is 5.82 Å². The zero-order valence-corrected chi connectivity index (χ0v) is 11.3. The Morgan fingerprint density at radius 3 is 3.17 bits per heavy atom. The molecule has 0 saturated carbocycles. The van der Waals surface area contributed by atoms with Crippen LogP contribution in [-0.2, 0) is 6.54 Å². The fourth-order valence-electron chi connectivity index (χ4n) is 2.57. The number of likely N-dealkylation sites (N-methyl/N-ethyl adjacent to an activating group) is 2. The summed E-state index contributed by atoms with van der Waals surface area (Å²) in [4.78, 5) is 8.96. The van der Waals surface area contributed by atoms with Crippen LogP contribution < -0.4 is 11.3 Å². The molecule has 0 aliphatic carbocycles. The largest absolute Gasteiger partial charge is 0.308 e. The van der Waals surface area contributed by atoms with Gasteiger partial charge in [-0.25, -0.2) is 10.8 Å². The summed E-state index contributed by atoms with van der Waals surface area (Å²) in [5.74, 6) is 6.10. The van der Waals surface area contributed by atoms with Crippen molar-refractivity contribution in [1.82, 2.24) is 14.8 Å². The van der Waals surface area contributed by atoms with Crippen LogP contribution in [0, 0.1) is 0 Å². The molecule has 1 aliphatic rings. The van der Waals surface area contributed by atoms with Crippen molar-refractivity contribution < 1.29 is 0 Å². The molecule has 0 spiro atoms. The maximum atomic E-state index is 5.38. The molecular weight excluding hydrogens is 226 g/mol. The van der Waals surface area contributed by atoms with Crippen molar-refractivity contribution in [2.75, 3.05) is 32.6 Å². The summed E-state index contributed by atoms with van der Waals surface area (Å²) in [6.45, 7) is 3.32. The smallest absolute Gasteiger partial charge is 0.140 e. The van der Waals surface area contributed by atoms with E-state index in [2.05, 4.69) is 34.3 Å². The Balaban J connectivity index is 1.95. The molecule has 5 heteroatoms. The molecule has 2 heterocycles. The fraction of sp³-hybridized carbons (Fsp3) is 0.615. The minimum atomic E-state index is 0.645. The van der Waals surface area contributed by atoms with Gasteiger partial charge in [0.25, 0.3) is 0 Å². The summed E-state index contributed by atoms with van der Waals surface area (Å²) >= 11 is 0. The van der Waals surface area contributed by atoms with Crippen LogP contribution in [0.2, 0.25) is 0 Å². The summed E-state index contributed by atoms with van der Waals surface area (Å²) in [7, 11) is 4.39. The molecule has 2 rings (SSSR count). The number of nitrogens with one attached hydrogen (secondary N) is 1. The number of nitrogens with zero attached hydrogens (tertiary/aromatic N) is 3. The lowest BCUT2D eigenvalue weighted by atomic mass is 10.0. The van der Waals surface area contributed by atoms with E-state index in [0.717, 1.165) is 18.9 Å². The van der Waals surface area contributed by atoms with E-state index in [1.54, 1.807) is 6.20 Å². The first-order valence-electron chi connectivity index (χ1n) is 6.49. The third kappa shape index (κ3) is 3.41. The molecule has 1 aromatic rings. The number of hydrogen-bond donors (Lipinski definition) is 2. The van der Waals surface area contributed by atoms with Crippen LogP contribution in [0.1, 0.15) is 18.4 Å². The van der Waals surface area contributed by atoms with E-state index in [1.165, 1.54) is 24.9 Å². The van der Waals surface area contributed by atoms with Crippen molar-refractivity contribution >= 4 is 5.82 Å². The summed E-state index contributed by atoms with van der Waals surface area (Å²) < 4.78 is 0. The minimum absolute atomic E-state index is 0.645. The number of hydrogen-bond acceptors (Lipinski definition) is 5. The first kappa shape index (κ1) is 13.3. The van der Waals surface area contributed by atoms with Gasteiger partial charge in [0, 0.05) is 25.3 Å². The molecule has 0 amide bonds. The molecule has 18 heavy (non-hydrogen) atoms. The molecule has 5 nitrogen and oxygen atoms in total. The maximum Gasteiger partial charge on any atom is 0.140 e. The highest BCUT2D eigenvalue weighted by Crippen LogP contribution is 2.16. The third-order valence-corrected chi connectivity index (χ3v) is 3.63. The average molecular weight is 249 g/mol. The van der Waals surface area contributed by atoms with Gasteiger partial charge >= 0.3 is 0 Å². The highest BCUT2D eigenvalue weighted by molar-refractivity contribution is 5.35. The van der Waals surface area contributed by atoms with Gasteiger partial charge in [0.2, 0.25) is 0 Å². The van der Waals surface area contributed by atoms with Crippen LogP contribution >= 0.6 is 0 Å². The lowest BCUT2D eigenvalue weighted by Gasteiger charge is -2.35. The Morgan fingerprint density at radius 1 is 1.61 bits per heavy atom. The van der Waals surface area contributed by atoms with Gasteiger partial charge in [-0.15, -0.1) is 0 Å². The normalized spacial score (nSPS) is 21.2. The van der Waals surface area contributed by atoms with E-state index in [0.29, 0.717) is 6.04 Å². The first-order chi connectivity index (χ1) is 8.69. The first-order valence-corrected chi connectivity index (χ1v) is 6.49. The lowest BCUT2D eigenvalue weighted by Crippen LogP contribution is -2.44. The fourth-order valence-corrected chi connectivity index (χ4v) is 2.57. The monoisotopic (exact) mass is 249 g/mol. The number of piperidine rings is 1.